The zero-order chi connectivity index (χ0) is 19.2. The van der Waals surface area contributed by atoms with Gasteiger partial charge in [-0.2, -0.15) is 5.10 Å². The van der Waals surface area contributed by atoms with Crippen molar-refractivity contribution < 1.29 is 4.79 Å². The van der Waals surface area contributed by atoms with Crippen LogP contribution < -0.4 is 10.6 Å². The third-order valence-corrected chi connectivity index (χ3v) is 5.79. The van der Waals surface area contributed by atoms with Gasteiger partial charge in [-0.15, -0.1) is 0 Å². The molecule has 2 aliphatic heterocycles. The van der Waals surface area contributed by atoms with E-state index in [9.17, 15) is 4.79 Å². The number of urea groups is 1. The molecule has 2 aliphatic rings. The van der Waals surface area contributed by atoms with E-state index in [2.05, 4.69) is 55.9 Å². The van der Waals surface area contributed by atoms with Gasteiger partial charge < -0.3 is 10.6 Å². The van der Waals surface area contributed by atoms with Crippen molar-refractivity contribution in [2.45, 2.75) is 51.2 Å². The zero-order valence-corrected chi connectivity index (χ0v) is 16.4. The minimum atomic E-state index is -0.0626. The van der Waals surface area contributed by atoms with Gasteiger partial charge in [0.2, 0.25) is 0 Å². The maximum Gasteiger partial charge on any atom is 0.315 e. The van der Waals surface area contributed by atoms with Crippen LogP contribution in [0.15, 0.2) is 36.7 Å². The molecule has 3 heterocycles. The Balaban J connectivity index is 1.22. The van der Waals surface area contributed by atoms with Gasteiger partial charge in [0, 0.05) is 26.1 Å². The summed E-state index contributed by atoms with van der Waals surface area (Å²) in [7, 11) is 0. The van der Waals surface area contributed by atoms with Crippen LogP contribution in [0.4, 0.5) is 4.79 Å². The molecule has 1 aromatic carbocycles. The maximum atomic E-state index is 12.4. The van der Waals surface area contributed by atoms with Gasteiger partial charge in [0.15, 0.2) is 0 Å². The summed E-state index contributed by atoms with van der Waals surface area (Å²) in [5, 5.41) is 10.4. The van der Waals surface area contributed by atoms with Crippen LogP contribution in [0.5, 0.6) is 0 Å². The van der Waals surface area contributed by atoms with E-state index >= 15 is 0 Å². The molecule has 2 atom stereocenters. The number of likely N-dealkylation sites (tertiary alicyclic amines) is 1. The Labute approximate surface area is 166 Å². The van der Waals surface area contributed by atoms with Crippen LogP contribution in [0.2, 0.25) is 0 Å². The molecule has 28 heavy (non-hydrogen) atoms. The second-order valence-electron chi connectivity index (χ2n) is 8.03. The van der Waals surface area contributed by atoms with Crippen molar-refractivity contribution in [3.05, 3.63) is 48.0 Å². The topological polar surface area (TPSA) is 75.1 Å². The Morgan fingerprint density at radius 1 is 1.14 bits per heavy atom. The predicted molar refractivity (Wildman–Crippen MR) is 108 cm³/mol. The number of nitrogens with one attached hydrogen (secondary N) is 2. The lowest BCUT2D eigenvalue weighted by atomic mass is 10.0. The van der Waals surface area contributed by atoms with Crippen molar-refractivity contribution in [3.63, 3.8) is 0 Å². The van der Waals surface area contributed by atoms with Gasteiger partial charge in [0.25, 0.3) is 0 Å². The van der Waals surface area contributed by atoms with Gasteiger partial charge in [-0.05, 0) is 37.3 Å². The van der Waals surface area contributed by atoms with Crippen molar-refractivity contribution in [3.8, 4) is 0 Å². The molecule has 2 unspecified atom stereocenters. The van der Waals surface area contributed by atoms with Crippen LogP contribution in [0.3, 0.4) is 0 Å². The molecule has 1 saturated heterocycles. The van der Waals surface area contributed by atoms with E-state index in [0.717, 1.165) is 44.8 Å². The van der Waals surface area contributed by atoms with Crippen molar-refractivity contribution in [2.24, 2.45) is 5.92 Å². The Kier molecular flexibility index (Phi) is 6.21. The number of carbonyl (C=O) groups excluding carboxylic acids is 1. The summed E-state index contributed by atoms with van der Waals surface area (Å²) in [5.74, 6) is 1.51. The number of rotatable bonds is 5. The molecule has 7 nitrogen and oxygen atoms in total. The zero-order valence-electron chi connectivity index (χ0n) is 16.4. The standard InChI is InChI=1S/C21H30N6O/c28-21(25-19-9-10-20-23-16-24-27(20)15-19)22-12-18-8-4-5-11-26(14-18)13-17-6-2-1-3-7-17/h1-3,6-7,16,18-19H,4-5,8-15H2,(H2,22,25,28). The van der Waals surface area contributed by atoms with Crippen LogP contribution in [0, 0.1) is 5.92 Å². The van der Waals surface area contributed by atoms with E-state index in [1.807, 2.05) is 4.68 Å². The summed E-state index contributed by atoms with van der Waals surface area (Å²) >= 11 is 0. The number of amides is 2. The third kappa shape index (κ3) is 5.10. The van der Waals surface area contributed by atoms with Gasteiger partial charge in [-0.1, -0.05) is 36.8 Å². The number of carbonyl (C=O) groups is 1. The molecule has 1 fully saturated rings. The lowest BCUT2D eigenvalue weighted by Crippen LogP contribution is -2.47. The summed E-state index contributed by atoms with van der Waals surface area (Å²) in [6.07, 6.45) is 7.01. The van der Waals surface area contributed by atoms with Crippen LogP contribution in [0.1, 0.15) is 37.1 Å². The number of hydrogen-bond donors (Lipinski definition) is 2. The average molecular weight is 383 g/mol. The first-order chi connectivity index (χ1) is 13.8. The van der Waals surface area contributed by atoms with Crippen LogP contribution in [-0.2, 0) is 19.5 Å². The monoisotopic (exact) mass is 382 g/mol. The fourth-order valence-electron chi connectivity index (χ4n) is 4.30. The first-order valence-corrected chi connectivity index (χ1v) is 10.4. The fraction of sp³-hybridized carbons (Fsp3) is 0.571. The van der Waals surface area contributed by atoms with Crippen LogP contribution in [-0.4, -0.2) is 51.4 Å². The molecule has 2 N–H and O–H groups in total. The molecule has 0 radical (unpaired) electrons. The maximum absolute atomic E-state index is 12.4. The molecule has 7 heteroatoms. The third-order valence-electron chi connectivity index (χ3n) is 5.79. The first kappa shape index (κ1) is 18.9. The molecule has 0 spiro atoms. The van der Waals surface area contributed by atoms with Crippen LogP contribution in [0.25, 0.3) is 0 Å². The van der Waals surface area contributed by atoms with Gasteiger partial charge >= 0.3 is 6.03 Å². The van der Waals surface area contributed by atoms with E-state index in [4.69, 9.17) is 0 Å². The highest BCUT2D eigenvalue weighted by atomic mass is 16.2. The summed E-state index contributed by atoms with van der Waals surface area (Å²) in [6.45, 7) is 4.61. The highest BCUT2D eigenvalue weighted by molar-refractivity contribution is 5.74. The summed E-state index contributed by atoms with van der Waals surface area (Å²) in [4.78, 5) is 19.1. The smallest absolute Gasteiger partial charge is 0.315 e. The minimum Gasteiger partial charge on any atom is -0.338 e. The van der Waals surface area contributed by atoms with Crippen LogP contribution >= 0.6 is 0 Å². The van der Waals surface area contributed by atoms with Crippen molar-refractivity contribution in [1.82, 2.24) is 30.3 Å². The highest BCUT2D eigenvalue weighted by Crippen LogP contribution is 2.18. The highest BCUT2D eigenvalue weighted by Gasteiger charge is 2.22. The molecule has 150 valence electrons. The Morgan fingerprint density at radius 2 is 2.04 bits per heavy atom. The Bertz CT molecular complexity index is 761. The normalized spacial score (nSPS) is 22.9. The first-order valence-electron chi connectivity index (χ1n) is 10.4. The number of nitrogens with zero attached hydrogens (tertiary/aromatic N) is 4. The molecule has 2 aromatic rings. The number of aromatic nitrogens is 3. The van der Waals surface area contributed by atoms with E-state index < -0.39 is 0 Å². The number of hydrogen-bond acceptors (Lipinski definition) is 4. The second kappa shape index (κ2) is 9.19. The number of aryl methyl sites for hydroxylation is 1. The summed E-state index contributed by atoms with van der Waals surface area (Å²) < 4.78 is 1.89. The van der Waals surface area contributed by atoms with Crippen molar-refractivity contribution >= 4 is 6.03 Å². The minimum absolute atomic E-state index is 0.0626. The molecule has 0 bridgehead atoms. The molecule has 0 saturated carbocycles. The molecule has 4 rings (SSSR count). The number of fused-ring (bicyclic) bond motifs is 1. The van der Waals surface area contributed by atoms with E-state index in [-0.39, 0.29) is 12.1 Å². The van der Waals surface area contributed by atoms with Crippen molar-refractivity contribution in [1.29, 1.82) is 0 Å². The van der Waals surface area contributed by atoms with E-state index in [1.54, 1.807) is 6.33 Å². The van der Waals surface area contributed by atoms with E-state index in [0.29, 0.717) is 12.5 Å². The largest absolute Gasteiger partial charge is 0.338 e. The van der Waals surface area contributed by atoms with Gasteiger partial charge in [-0.25, -0.2) is 14.5 Å². The lowest BCUT2D eigenvalue weighted by molar-refractivity contribution is 0.219. The lowest BCUT2D eigenvalue weighted by Gasteiger charge is -2.26. The van der Waals surface area contributed by atoms with Gasteiger partial charge in [-0.3, -0.25) is 4.90 Å². The fourth-order valence-corrected chi connectivity index (χ4v) is 4.30. The molecular weight excluding hydrogens is 352 g/mol. The second-order valence-corrected chi connectivity index (χ2v) is 8.03. The van der Waals surface area contributed by atoms with Crippen molar-refractivity contribution in [2.75, 3.05) is 19.6 Å². The Morgan fingerprint density at radius 3 is 2.93 bits per heavy atom. The quantitative estimate of drug-likeness (QED) is 0.831. The molecular formula is C21H30N6O. The van der Waals surface area contributed by atoms with Gasteiger partial charge in [0.1, 0.15) is 12.2 Å². The average Bonchev–Trinajstić information content (AvgIpc) is 3.06. The predicted octanol–water partition coefficient (Wildman–Crippen LogP) is 2.19. The van der Waals surface area contributed by atoms with Gasteiger partial charge in [0.05, 0.1) is 12.6 Å². The van der Waals surface area contributed by atoms with E-state index in [1.165, 1.54) is 24.8 Å². The summed E-state index contributed by atoms with van der Waals surface area (Å²) in [6, 6.07) is 10.7. The molecule has 1 aromatic heterocycles. The molecule has 2 amide bonds. The molecule has 0 aliphatic carbocycles. The summed E-state index contributed by atoms with van der Waals surface area (Å²) in [5.41, 5.74) is 1.36. The SMILES string of the molecule is O=C(NCC1CCCCN(Cc2ccccc2)C1)NC1CCc2ncnn2C1. The Hall–Kier alpha value is -2.41. The number of benzene rings is 1.